The van der Waals surface area contributed by atoms with Crippen molar-refractivity contribution >= 4 is 5.78 Å². The fraction of sp³-hybridized carbons (Fsp3) is 0.909. The van der Waals surface area contributed by atoms with Gasteiger partial charge in [0.25, 0.3) is 0 Å². The van der Waals surface area contributed by atoms with Gasteiger partial charge in [0, 0.05) is 19.0 Å². The van der Waals surface area contributed by atoms with Crippen molar-refractivity contribution in [2.24, 2.45) is 5.92 Å². The van der Waals surface area contributed by atoms with Gasteiger partial charge in [-0.2, -0.15) is 13.2 Å². The molecule has 6 heteroatoms. The standard InChI is InChI=1S/C11H18F3NO2/c1-8(2)15(7-11(12,13)14)5-9-6-17-4-3-10(9)16/h8-9H,3-7H2,1-2H3. The third-order valence-electron chi connectivity index (χ3n) is 2.83. The Morgan fingerprint density at radius 2 is 2.12 bits per heavy atom. The summed E-state index contributed by atoms with van der Waals surface area (Å²) in [4.78, 5) is 12.8. The molecule has 0 saturated carbocycles. The Kier molecular flexibility index (Phi) is 4.94. The molecular weight excluding hydrogens is 235 g/mol. The molecule has 0 aromatic rings. The van der Waals surface area contributed by atoms with Crippen molar-refractivity contribution in [2.45, 2.75) is 32.5 Å². The van der Waals surface area contributed by atoms with Gasteiger partial charge in [0.05, 0.1) is 25.7 Å². The van der Waals surface area contributed by atoms with E-state index in [1.165, 1.54) is 4.90 Å². The molecule has 17 heavy (non-hydrogen) atoms. The first-order valence-electron chi connectivity index (χ1n) is 5.71. The fourth-order valence-corrected chi connectivity index (χ4v) is 1.82. The Labute approximate surface area is 98.9 Å². The number of carbonyl (C=O) groups excluding carboxylic acids is 1. The van der Waals surface area contributed by atoms with Gasteiger partial charge in [-0.3, -0.25) is 9.69 Å². The van der Waals surface area contributed by atoms with Crippen LogP contribution in [0.4, 0.5) is 13.2 Å². The van der Waals surface area contributed by atoms with Crippen LogP contribution in [-0.2, 0) is 9.53 Å². The molecule has 0 radical (unpaired) electrons. The maximum absolute atomic E-state index is 12.4. The summed E-state index contributed by atoms with van der Waals surface area (Å²) < 4.78 is 42.2. The minimum Gasteiger partial charge on any atom is -0.380 e. The fourth-order valence-electron chi connectivity index (χ4n) is 1.82. The second-order valence-corrected chi connectivity index (χ2v) is 4.63. The summed E-state index contributed by atoms with van der Waals surface area (Å²) >= 11 is 0. The number of Topliss-reactive ketones (excluding diaryl/α,β-unsaturated/α-hetero) is 1. The summed E-state index contributed by atoms with van der Waals surface area (Å²) in [5, 5.41) is 0. The third kappa shape index (κ3) is 5.04. The molecule has 0 aromatic carbocycles. The molecule has 1 heterocycles. The second kappa shape index (κ2) is 5.82. The van der Waals surface area contributed by atoms with E-state index < -0.39 is 18.6 Å². The van der Waals surface area contributed by atoms with Crippen molar-refractivity contribution in [1.29, 1.82) is 0 Å². The van der Waals surface area contributed by atoms with Crippen LogP contribution in [0.2, 0.25) is 0 Å². The van der Waals surface area contributed by atoms with Crippen LogP contribution in [0.15, 0.2) is 0 Å². The summed E-state index contributed by atoms with van der Waals surface area (Å²) in [7, 11) is 0. The number of hydrogen-bond acceptors (Lipinski definition) is 3. The lowest BCUT2D eigenvalue weighted by atomic mass is 9.99. The summed E-state index contributed by atoms with van der Waals surface area (Å²) in [5.41, 5.74) is 0. The summed E-state index contributed by atoms with van der Waals surface area (Å²) in [5.74, 6) is -0.419. The van der Waals surface area contributed by atoms with Crippen molar-refractivity contribution in [3.05, 3.63) is 0 Å². The highest BCUT2D eigenvalue weighted by Crippen LogP contribution is 2.20. The van der Waals surface area contributed by atoms with E-state index >= 15 is 0 Å². The number of hydrogen-bond donors (Lipinski definition) is 0. The van der Waals surface area contributed by atoms with E-state index in [0.717, 1.165) is 0 Å². The van der Waals surface area contributed by atoms with Gasteiger partial charge >= 0.3 is 6.18 Å². The van der Waals surface area contributed by atoms with Gasteiger partial charge in [-0.1, -0.05) is 0 Å². The number of ketones is 1. The number of carbonyl (C=O) groups is 1. The largest absolute Gasteiger partial charge is 0.401 e. The molecule has 1 rings (SSSR count). The molecule has 100 valence electrons. The Hall–Kier alpha value is -0.620. The number of ether oxygens (including phenoxy) is 1. The number of rotatable bonds is 4. The summed E-state index contributed by atoms with van der Waals surface area (Å²) in [6.07, 6.45) is -3.93. The molecule has 1 aliphatic rings. The highest BCUT2D eigenvalue weighted by atomic mass is 19.4. The van der Waals surface area contributed by atoms with Crippen molar-refractivity contribution in [2.75, 3.05) is 26.3 Å². The lowest BCUT2D eigenvalue weighted by Crippen LogP contribution is -2.45. The molecular formula is C11H18F3NO2. The lowest BCUT2D eigenvalue weighted by molar-refractivity contribution is -0.155. The predicted octanol–water partition coefficient (Wildman–Crippen LogP) is 1.86. The van der Waals surface area contributed by atoms with Crippen LogP contribution in [0.1, 0.15) is 20.3 Å². The number of halogens is 3. The monoisotopic (exact) mass is 253 g/mol. The molecule has 1 unspecified atom stereocenters. The van der Waals surface area contributed by atoms with Crippen LogP contribution in [-0.4, -0.2) is 49.2 Å². The van der Waals surface area contributed by atoms with E-state index in [-0.39, 0.29) is 25.0 Å². The summed E-state index contributed by atoms with van der Waals surface area (Å²) in [6.45, 7) is 3.15. The van der Waals surface area contributed by atoms with Gasteiger partial charge in [0.1, 0.15) is 5.78 Å². The lowest BCUT2D eigenvalue weighted by Gasteiger charge is -2.32. The van der Waals surface area contributed by atoms with Crippen LogP contribution < -0.4 is 0 Å². The highest BCUT2D eigenvalue weighted by Gasteiger charge is 2.34. The van der Waals surface area contributed by atoms with Crippen LogP contribution in [0.3, 0.4) is 0 Å². The van der Waals surface area contributed by atoms with E-state index in [1.807, 2.05) is 0 Å². The third-order valence-corrected chi connectivity index (χ3v) is 2.83. The average molecular weight is 253 g/mol. The molecule has 0 aromatic heterocycles. The molecule has 0 aliphatic carbocycles. The molecule has 0 amide bonds. The SMILES string of the molecule is CC(C)N(CC1COCCC1=O)CC(F)(F)F. The number of nitrogens with zero attached hydrogens (tertiary/aromatic N) is 1. The average Bonchev–Trinajstić information content (AvgIpc) is 2.18. The van der Waals surface area contributed by atoms with Gasteiger partial charge in [0.2, 0.25) is 0 Å². The Morgan fingerprint density at radius 3 is 2.59 bits per heavy atom. The Bertz CT molecular complexity index is 266. The second-order valence-electron chi connectivity index (χ2n) is 4.63. The van der Waals surface area contributed by atoms with E-state index in [9.17, 15) is 18.0 Å². The zero-order chi connectivity index (χ0) is 13.1. The molecule has 1 atom stereocenters. The molecule has 1 aliphatic heterocycles. The zero-order valence-electron chi connectivity index (χ0n) is 10.1. The molecule has 3 nitrogen and oxygen atoms in total. The van der Waals surface area contributed by atoms with Crippen molar-refractivity contribution in [1.82, 2.24) is 4.90 Å². The predicted molar refractivity (Wildman–Crippen MR) is 56.7 cm³/mol. The quantitative estimate of drug-likeness (QED) is 0.766. The Morgan fingerprint density at radius 1 is 1.47 bits per heavy atom. The van der Waals surface area contributed by atoms with Crippen LogP contribution in [0.5, 0.6) is 0 Å². The molecule has 0 spiro atoms. The van der Waals surface area contributed by atoms with E-state index in [2.05, 4.69) is 0 Å². The van der Waals surface area contributed by atoms with E-state index in [0.29, 0.717) is 13.0 Å². The first-order chi connectivity index (χ1) is 7.79. The Balaban J connectivity index is 2.56. The smallest absolute Gasteiger partial charge is 0.380 e. The minimum absolute atomic E-state index is 0.00377. The van der Waals surface area contributed by atoms with Gasteiger partial charge in [-0.15, -0.1) is 0 Å². The van der Waals surface area contributed by atoms with E-state index in [1.54, 1.807) is 13.8 Å². The topological polar surface area (TPSA) is 29.5 Å². The first-order valence-corrected chi connectivity index (χ1v) is 5.71. The minimum atomic E-state index is -4.23. The first kappa shape index (κ1) is 14.4. The van der Waals surface area contributed by atoms with Gasteiger partial charge in [-0.25, -0.2) is 0 Å². The highest BCUT2D eigenvalue weighted by molar-refractivity contribution is 5.82. The molecule has 1 fully saturated rings. The van der Waals surface area contributed by atoms with Crippen LogP contribution >= 0.6 is 0 Å². The van der Waals surface area contributed by atoms with Crippen molar-refractivity contribution in [3.63, 3.8) is 0 Å². The summed E-state index contributed by atoms with van der Waals surface area (Å²) in [6, 6.07) is -0.244. The normalized spacial score (nSPS) is 22.5. The van der Waals surface area contributed by atoms with Crippen LogP contribution in [0, 0.1) is 5.92 Å². The molecule has 0 N–H and O–H groups in total. The van der Waals surface area contributed by atoms with Gasteiger partial charge in [0.15, 0.2) is 0 Å². The van der Waals surface area contributed by atoms with Crippen LogP contribution in [0.25, 0.3) is 0 Å². The van der Waals surface area contributed by atoms with Crippen molar-refractivity contribution in [3.8, 4) is 0 Å². The molecule has 1 saturated heterocycles. The van der Waals surface area contributed by atoms with Crippen molar-refractivity contribution < 1.29 is 22.7 Å². The van der Waals surface area contributed by atoms with Gasteiger partial charge < -0.3 is 4.74 Å². The van der Waals surface area contributed by atoms with E-state index in [4.69, 9.17) is 4.74 Å². The molecule has 0 bridgehead atoms. The maximum atomic E-state index is 12.4. The number of alkyl halides is 3. The maximum Gasteiger partial charge on any atom is 0.401 e. The van der Waals surface area contributed by atoms with Gasteiger partial charge in [-0.05, 0) is 13.8 Å². The zero-order valence-corrected chi connectivity index (χ0v) is 10.1.